The van der Waals surface area contributed by atoms with E-state index in [0.717, 1.165) is 32.4 Å². The topological polar surface area (TPSA) is 57.6 Å². The average Bonchev–Trinajstić information content (AvgIpc) is 2.90. The molecule has 1 saturated carbocycles. The van der Waals surface area contributed by atoms with Crippen molar-refractivity contribution < 1.29 is 13.5 Å². The van der Waals surface area contributed by atoms with Crippen molar-refractivity contribution in [3.05, 3.63) is 0 Å². The molecule has 4 nitrogen and oxygen atoms in total. The van der Waals surface area contributed by atoms with E-state index < -0.39 is 9.84 Å². The van der Waals surface area contributed by atoms with Crippen LogP contribution in [0.15, 0.2) is 0 Å². The molecule has 1 aliphatic carbocycles. The minimum absolute atomic E-state index is 0.115. The molecule has 122 valence electrons. The van der Waals surface area contributed by atoms with E-state index in [4.69, 9.17) is 0 Å². The third-order valence-electron chi connectivity index (χ3n) is 5.86. The van der Waals surface area contributed by atoms with Crippen LogP contribution in [0.3, 0.4) is 0 Å². The SMILES string of the molecule is O=S1(=O)CCC(CN2CCC[C@@H]2[C@H]2CCCC[C@@H]2O)CC1. The van der Waals surface area contributed by atoms with E-state index in [0.29, 0.717) is 29.4 Å². The fourth-order valence-electron chi connectivity index (χ4n) is 4.61. The maximum atomic E-state index is 11.5. The van der Waals surface area contributed by atoms with Crippen molar-refractivity contribution in [2.75, 3.05) is 24.6 Å². The highest BCUT2D eigenvalue weighted by atomic mass is 32.2. The van der Waals surface area contributed by atoms with Crippen LogP contribution in [0.4, 0.5) is 0 Å². The number of likely N-dealkylation sites (tertiary alicyclic amines) is 1. The van der Waals surface area contributed by atoms with Crippen LogP contribution in [0.5, 0.6) is 0 Å². The van der Waals surface area contributed by atoms with Crippen molar-refractivity contribution in [1.82, 2.24) is 4.90 Å². The number of aliphatic hydroxyl groups is 1. The van der Waals surface area contributed by atoms with E-state index in [1.807, 2.05) is 0 Å². The standard InChI is InChI=1S/C16H29NO3S/c18-16-6-2-1-4-14(16)15-5-3-9-17(15)12-13-7-10-21(19,20)11-8-13/h13-16,18H,1-12H2/t14-,15-,16+/m1/s1. The van der Waals surface area contributed by atoms with Gasteiger partial charge in [-0.15, -0.1) is 0 Å². The Morgan fingerprint density at radius 1 is 0.952 bits per heavy atom. The predicted molar refractivity (Wildman–Crippen MR) is 83.9 cm³/mol. The first kappa shape index (κ1) is 15.8. The van der Waals surface area contributed by atoms with Crippen molar-refractivity contribution in [1.29, 1.82) is 0 Å². The van der Waals surface area contributed by atoms with Gasteiger partial charge in [0.2, 0.25) is 0 Å². The highest BCUT2D eigenvalue weighted by molar-refractivity contribution is 7.91. The maximum absolute atomic E-state index is 11.5. The molecule has 5 heteroatoms. The summed E-state index contributed by atoms with van der Waals surface area (Å²) < 4.78 is 23.1. The molecule has 0 aromatic carbocycles. The number of nitrogens with zero attached hydrogens (tertiary/aromatic N) is 1. The van der Waals surface area contributed by atoms with Gasteiger partial charge >= 0.3 is 0 Å². The first-order valence-corrected chi connectivity index (χ1v) is 10.5. The van der Waals surface area contributed by atoms with E-state index >= 15 is 0 Å². The smallest absolute Gasteiger partial charge is 0.150 e. The molecule has 0 aromatic heterocycles. The van der Waals surface area contributed by atoms with Crippen LogP contribution in [-0.2, 0) is 9.84 Å². The Kier molecular flexibility index (Phi) is 4.91. The summed E-state index contributed by atoms with van der Waals surface area (Å²) >= 11 is 0. The zero-order valence-electron chi connectivity index (χ0n) is 12.9. The largest absolute Gasteiger partial charge is 0.393 e. The van der Waals surface area contributed by atoms with Crippen LogP contribution in [-0.4, -0.2) is 55.2 Å². The Morgan fingerprint density at radius 2 is 1.67 bits per heavy atom. The fourth-order valence-corrected chi connectivity index (χ4v) is 6.19. The van der Waals surface area contributed by atoms with Crippen LogP contribution in [0.1, 0.15) is 51.4 Å². The van der Waals surface area contributed by atoms with Crippen LogP contribution in [0, 0.1) is 11.8 Å². The lowest BCUT2D eigenvalue weighted by atomic mass is 9.80. The first-order valence-electron chi connectivity index (χ1n) is 8.68. The summed E-state index contributed by atoms with van der Waals surface area (Å²) in [5, 5.41) is 10.3. The third kappa shape index (κ3) is 3.80. The maximum Gasteiger partial charge on any atom is 0.150 e. The van der Waals surface area contributed by atoms with Gasteiger partial charge in [0.05, 0.1) is 17.6 Å². The highest BCUT2D eigenvalue weighted by Crippen LogP contribution is 2.35. The van der Waals surface area contributed by atoms with Crippen molar-refractivity contribution in [2.45, 2.75) is 63.5 Å². The number of sulfone groups is 1. The lowest BCUT2D eigenvalue weighted by molar-refractivity contribution is 0.0180. The van der Waals surface area contributed by atoms with E-state index in [2.05, 4.69) is 4.90 Å². The Morgan fingerprint density at radius 3 is 2.38 bits per heavy atom. The number of aliphatic hydroxyl groups excluding tert-OH is 1. The number of hydrogen-bond acceptors (Lipinski definition) is 4. The number of rotatable bonds is 3. The lowest BCUT2D eigenvalue weighted by Gasteiger charge is -2.39. The Hall–Kier alpha value is -0.130. The monoisotopic (exact) mass is 315 g/mol. The summed E-state index contributed by atoms with van der Waals surface area (Å²) in [4.78, 5) is 2.57. The molecule has 0 spiro atoms. The zero-order valence-corrected chi connectivity index (χ0v) is 13.7. The van der Waals surface area contributed by atoms with Gasteiger partial charge in [-0.1, -0.05) is 12.8 Å². The van der Waals surface area contributed by atoms with Gasteiger partial charge in [0.15, 0.2) is 0 Å². The van der Waals surface area contributed by atoms with Gasteiger partial charge in [-0.2, -0.15) is 0 Å². The van der Waals surface area contributed by atoms with Crippen LogP contribution >= 0.6 is 0 Å². The van der Waals surface area contributed by atoms with E-state index in [9.17, 15) is 13.5 Å². The molecule has 3 atom stereocenters. The molecule has 3 rings (SSSR count). The van der Waals surface area contributed by atoms with Crippen molar-refractivity contribution in [3.63, 3.8) is 0 Å². The van der Waals surface area contributed by atoms with Crippen LogP contribution < -0.4 is 0 Å². The van der Waals surface area contributed by atoms with E-state index in [1.54, 1.807) is 0 Å². The average molecular weight is 315 g/mol. The molecule has 3 aliphatic rings. The second-order valence-electron chi connectivity index (χ2n) is 7.32. The molecule has 0 radical (unpaired) electrons. The summed E-state index contributed by atoms with van der Waals surface area (Å²) in [7, 11) is -2.75. The minimum atomic E-state index is -2.75. The van der Waals surface area contributed by atoms with Gasteiger partial charge < -0.3 is 5.11 Å². The van der Waals surface area contributed by atoms with Gasteiger partial charge in [-0.05, 0) is 51.0 Å². The second kappa shape index (κ2) is 6.55. The molecule has 0 amide bonds. The Labute approximate surface area is 128 Å². The summed E-state index contributed by atoms with van der Waals surface area (Å²) in [5.74, 6) is 1.74. The molecule has 2 saturated heterocycles. The van der Waals surface area contributed by atoms with Gasteiger partial charge in [0.1, 0.15) is 9.84 Å². The Bertz CT molecular complexity index is 436. The van der Waals surface area contributed by atoms with E-state index in [1.165, 1.54) is 32.1 Å². The summed E-state index contributed by atoms with van der Waals surface area (Å²) in [6.45, 7) is 2.18. The fraction of sp³-hybridized carbons (Fsp3) is 1.00. The molecular weight excluding hydrogens is 286 g/mol. The molecule has 21 heavy (non-hydrogen) atoms. The Balaban J connectivity index is 1.57. The summed E-state index contributed by atoms with van der Waals surface area (Å²) in [6.07, 6.45) is 8.57. The molecule has 0 bridgehead atoms. The summed E-state index contributed by atoms with van der Waals surface area (Å²) in [5.41, 5.74) is 0. The number of hydrogen-bond donors (Lipinski definition) is 1. The molecule has 3 fully saturated rings. The molecule has 2 heterocycles. The lowest BCUT2D eigenvalue weighted by Crippen LogP contribution is -2.45. The molecule has 0 aromatic rings. The van der Waals surface area contributed by atoms with Crippen molar-refractivity contribution in [3.8, 4) is 0 Å². The van der Waals surface area contributed by atoms with Gasteiger partial charge in [0, 0.05) is 18.5 Å². The van der Waals surface area contributed by atoms with Crippen molar-refractivity contribution >= 4 is 9.84 Å². The predicted octanol–water partition coefficient (Wildman–Crippen LogP) is 1.83. The molecular formula is C16H29NO3S. The minimum Gasteiger partial charge on any atom is -0.393 e. The van der Waals surface area contributed by atoms with Crippen molar-refractivity contribution in [2.24, 2.45) is 11.8 Å². The third-order valence-corrected chi connectivity index (χ3v) is 7.57. The normalized spacial score (nSPS) is 38.6. The molecule has 0 unspecified atom stereocenters. The van der Waals surface area contributed by atoms with Gasteiger partial charge in [-0.3, -0.25) is 4.90 Å². The zero-order chi connectivity index (χ0) is 14.9. The van der Waals surface area contributed by atoms with Gasteiger partial charge in [0.25, 0.3) is 0 Å². The first-order chi connectivity index (χ1) is 10.1. The second-order valence-corrected chi connectivity index (χ2v) is 9.62. The van der Waals surface area contributed by atoms with Crippen LogP contribution in [0.2, 0.25) is 0 Å². The summed E-state index contributed by atoms with van der Waals surface area (Å²) in [6, 6.07) is 0.541. The van der Waals surface area contributed by atoms with E-state index in [-0.39, 0.29) is 6.10 Å². The molecule has 2 aliphatic heterocycles. The van der Waals surface area contributed by atoms with Crippen LogP contribution in [0.25, 0.3) is 0 Å². The highest BCUT2D eigenvalue weighted by Gasteiger charge is 2.38. The molecule has 1 N–H and O–H groups in total. The van der Waals surface area contributed by atoms with Gasteiger partial charge in [-0.25, -0.2) is 8.42 Å². The quantitative estimate of drug-likeness (QED) is 0.863.